The van der Waals surface area contributed by atoms with E-state index in [4.69, 9.17) is 18.9 Å². The van der Waals surface area contributed by atoms with Crippen LogP contribution in [-0.2, 0) is 33.3 Å². The molecule has 10 nitrogen and oxygen atoms in total. The van der Waals surface area contributed by atoms with Crippen molar-refractivity contribution >= 4 is 17.7 Å². The van der Waals surface area contributed by atoms with Gasteiger partial charge in [-0.3, -0.25) is 9.59 Å². The maximum atomic E-state index is 13.7. The van der Waals surface area contributed by atoms with Crippen LogP contribution in [0.2, 0.25) is 0 Å². The molecule has 10 atom stereocenters. The summed E-state index contributed by atoms with van der Waals surface area (Å²) in [6.45, 7) is 7.80. The van der Waals surface area contributed by atoms with Gasteiger partial charge in [0.05, 0.1) is 22.5 Å². The Balaban J connectivity index is 1.46. The number of ether oxygens (including phenoxy) is 4. The summed E-state index contributed by atoms with van der Waals surface area (Å²) in [7, 11) is 0. The zero-order valence-corrected chi connectivity index (χ0v) is 24.5. The molecule has 0 aromatic heterocycles. The minimum atomic E-state index is -2.00. The average Bonchev–Trinajstić information content (AvgIpc) is 3.43. The van der Waals surface area contributed by atoms with Crippen LogP contribution in [0.25, 0.3) is 0 Å². The van der Waals surface area contributed by atoms with Crippen LogP contribution < -0.4 is 0 Å². The predicted octanol–water partition coefficient (Wildman–Crippen LogP) is 2.27. The maximum absolute atomic E-state index is 13.7. The third-order valence-corrected chi connectivity index (χ3v) is 12.5. The fourth-order valence-corrected chi connectivity index (χ4v) is 9.93. The topological polar surface area (TPSA) is 149 Å². The number of cyclic esters (lactones) is 1. The maximum Gasteiger partial charge on any atom is 0.334 e. The molecule has 3 saturated carbocycles. The summed E-state index contributed by atoms with van der Waals surface area (Å²) >= 11 is 0. The van der Waals surface area contributed by atoms with Crippen molar-refractivity contribution in [2.75, 3.05) is 13.4 Å². The second kappa shape index (κ2) is 8.95. The fraction of sp³-hybridized carbons (Fsp3) is 0.774. The first-order valence-electron chi connectivity index (χ1n) is 14.8. The number of allylic oxidation sites excluding steroid dienone is 1. The molecule has 10 unspecified atom stereocenters. The van der Waals surface area contributed by atoms with Crippen LogP contribution in [-0.4, -0.2) is 81.1 Å². The number of aliphatic hydroxyl groups is 3. The van der Waals surface area contributed by atoms with Crippen molar-refractivity contribution in [2.45, 2.75) is 114 Å². The molecule has 4 fully saturated rings. The molecule has 6 aliphatic rings. The Kier molecular flexibility index (Phi) is 6.33. The predicted molar refractivity (Wildman–Crippen MR) is 143 cm³/mol. The van der Waals surface area contributed by atoms with E-state index < -0.39 is 63.3 Å². The number of carbonyl (C=O) groups is 3. The molecule has 10 heteroatoms. The molecule has 0 amide bonds. The van der Waals surface area contributed by atoms with Gasteiger partial charge >= 0.3 is 11.9 Å². The van der Waals surface area contributed by atoms with Gasteiger partial charge in [-0.25, -0.2) is 4.79 Å². The van der Waals surface area contributed by atoms with Crippen molar-refractivity contribution in [3.05, 3.63) is 23.3 Å². The highest BCUT2D eigenvalue weighted by Crippen LogP contribution is 2.72. The van der Waals surface area contributed by atoms with Crippen LogP contribution in [0.4, 0.5) is 0 Å². The van der Waals surface area contributed by atoms with Gasteiger partial charge in [-0.15, -0.1) is 0 Å². The average molecular weight is 575 g/mol. The van der Waals surface area contributed by atoms with Crippen molar-refractivity contribution in [3.63, 3.8) is 0 Å². The van der Waals surface area contributed by atoms with Crippen molar-refractivity contribution in [1.29, 1.82) is 0 Å². The molecule has 0 radical (unpaired) electrons. The largest absolute Gasteiger partial charge is 0.465 e. The number of rotatable bonds is 4. The first-order valence-corrected chi connectivity index (χ1v) is 14.8. The second-order valence-electron chi connectivity index (χ2n) is 13.8. The van der Waals surface area contributed by atoms with E-state index >= 15 is 0 Å². The lowest BCUT2D eigenvalue weighted by molar-refractivity contribution is -0.306. The first-order chi connectivity index (χ1) is 19.1. The molecule has 4 aliphatic carbocycles. The van der Waals surface area contributed by atoms with Gasteiger partial charge in [-0.2, -0.15) is 0 Å². The zero-order chi connectivity index (χ0) is 29.8. The highest BCUT2D eigenvalue weighted by atomic mass is 16.7. The number of hydrogen-bond acceptors (Lipinski definition) is 10. The van der Waals surface area contributed by atoms with Gasteiger partial charge < -0.3 is 34.3 Å². The van der Waals surface area contributed by atoms with Gasteiger partial charge in [0.15, 0.2) is 5.78 Å². The van der Waals surface area contributed by atoms with Crippen LogP contribution in [0, 0.1) is 22.7 Å². The number of fused-ring (bicyclic) bond motifs is 4. The summed E-state index contributed by atoms with van der Waals surface area (Å²) in [4.78, 5) is 38.5. The Morgan fingerprint density at radius 1 is 1.17 bits per heavy atom. The van der Waals surface area contributed by atoms with E-state index in [0.717, 1.165) is 5.57 Å². The van der Waals surface area contributed by atoms with E-state index in [1.807, 2.05) is 13.0 Å². The van der Waals surface area contributed by atoms with Gasteiger partial charge in [0.1, 0.15) is 36.3 Å². The molecular formula is C31H42O10. The van der Waals surface area contributed by atoms with Crippen LogP contribution in [0.3, 0.4) is 0 Å². The molecule has 1 saturated heterocycles. The molecule has 2 aliphatic heterocycles. The first kappa shape index (κ1) is 29.0. The highest BCUT2D eigenvalue weighted by molar-refractivity contribution is 5.97. The SMILES string of the molecule is CC(=O)OCC12CCC3C(CC4OCOC45CC=CC(=O)C35C)C1(O)CCC2(O)C(C)(O)C1CC(C)=C(C)C(=O)O1. The lowest BCUT2D eigenvalue weighted by atomic mass is 9.40. The summed E-state index contributed by atoms with van der Waals surface area (Å²) in [5.74, 6) is -2.04. The molecule has 0 bridgehead atoms. The number of carbonyl (C=O) groups excluding carboxylic acids is 3. The van der Waals surface area contributed by atoms with Crippen LogP contribution in [0.5, 0.6) is 0 Å². The van der Waals surface area contributed by atoms with E-state index in [2.05, 4.69) is 0 Å². The Hall–Kier alpha value is -2.11. The molecular weight excluding hydrogens is 532 g/mol. The van der Waals surface area contributed by atoms with Gasteiger partial charge in [0.2, 0.25) is 0 Å². The van der Waals surface area contributed by atoms with Crippen molar-refractivity contribution in [1.82, 2.24) is 0 Å². The van der Waals surface area contributed by atoms with Crippen molar-refractivity contribution in [3.8, 4) is 0 Å². The Bertz CT molecular complexity index is 1250. The second-order valence-corrected chi connectivity index (χ2v) is 13.8. The fourth-order valence-electron chi connectivity index (χ4n) is 9.93. The summed E-state index contributed by atoms with van der Waals surface area (Å²) in [5, 5.41) is 37.9. The van der Waals surface area contributed by atoms with Gasteiger partial charge in [0.25, 0.3) is 0 Å². The van der Waals surface area contributed by atoms with Gasteiger partial charge in [-0.05, 0) is 84.1 Å². The van der Waals surface area contributed by atoms with Gasteiger partial charge in [0, 0.05) is 18.9 Å². The summed E-state index contributed by atoms with van der Waals surface area (Å²) in [6, 6.07) is 0. The van der Waals surface area contributed by atoms with Crippen LogP contribution in [0.1, 0.15) is 79.6 Å². The smallest absolute Gasteiger partial charge is 0.334 e. The highest BCUT2D eigenvalue weighted by Gasteiger charge is 2.81. The lowest BCUT2D eigenvalue weighted by Gasteiger charge is -2.66. The minimum absolute atomic E-state index is 0.0193. The quantitative estimate of drug-likeness (QED) is 0.427. The van der Waals surface area contributed by atoms with Crippen molar-refractivity contribution in [2.24, 2.45) is 22.7 Å². The summed E-state index contributed by atoms with van der Waals surface area (Å²) < 4.78 is 23.6. The Morgan fingerprint density at radius 2 is 1.90 bits per heavy atom. The Morgan fingerprint density at radius 3 is 2.59 bits per heavy atom. The number of ketones is 1. The third-order valence-electron chi connectivity index (χ3n) is 12.5. The summed E-state index contributed by atoms with van der Waals surface area (Å²) in [6.07, 6.45) is 3.70. The minimum Gasteiger partial charge on any atom is -0.465 e. The molecule has 0 aromatic carbocycles. The number of hydrogen-bond donors (Lipinski definition) is 3. The normalized spacial score (nSPS) is 48.5. The van der Waals surface area contributed by atoms with Crippen molar-refractivity contribution < 1.29 is 48.7 Å². The van der Waals surface area contributed by atoms with E-state index in [1.54, 1.807) is 19.9 Å². The van der Waals surface area contributed by atoms with E-state index in [-0.39, 0.29) is 50.8 Å². The van der Waals surface area contributed by atoms with E-state index in [1.165, 1.54) is 13.8 Å². The Labute approximate surface area is 240 Å². The molecule has 3 N–H and O–H groups in total. The van der Waals surface area contributed by atoms with E-state index in [9.17, 15) is 29.7 Å². The lowest BCUT2D eigenvalue weighted by Crippen LogP contribution is -2.77. The molecule has 6 rings (SSSR count). The van der Waals surface area contributed by atoms with Crippen LogP contribution in [0.15, 0.2) is 23.3 Å². The molecule has 2 heterocycles. The van der Waals surface area contributed by atoms with Crippen LogP contribution >= 0.6 is 0 Å². The monoisotopic (exact) mass is 574 g/mol. The molecule has 1 spiro atoms. The summed E-state index contributed by atoms with van der Waals surface area (Å²) in [5.41, 5.74) is -7.74. The number of esters is 2. The standard InChI is InChI=1S/C31H42O10/c1-17-13-23(41-25(34)18(17)2)27(5,35)31(37)12-11-29(36)21-14-24-30(40-16-39-24)9-6-7-22(33)26(30,4)20(21)8-10-28(29,31)15-38-19(3)32/h6-7,20-21,23-24,35-37H,8-16H2,1-5H3. The van der Waals surface area contributed by atoms with E-state index in [0.29, 0.717) is 24.8 Å². The molecule has 41 heavy (non-hydrogen) atoms. The zero-order valence-electron chi connectivity index (χ0n) is 24.5. The molecule has 226 valence electrons. The van der Waals surface area contributed by atoms with Gasteiger partial charge in [-0.1, -0.05) is 11.6 Å². The third kappa shape index (κ3) is 3.34. The molecule has 0 aromatic rings.